The second-order valence-electron chi connectivity index (χ2n) is 6.45. The van der Waals surface area contributed by atoms with Gasteiger partial charge in [0.25, 0.3) is 5.56 Å². The van der Waals surface area contributed by atoms with Crippen molar-refractivity contribution >= 4 is 28.4 Å². The van der Waals surface area contributed by atoms with Crippen molar-refractivity contribution in [3.63, 3.8) is 0 Å². The zero-order valence-electron chi connectivity index (χ0n) is 15.2. The number of aromatic nitrogens is 1. The first-order valence-corrected chi connectivity index (χ1v) is 9.60. The molecule has 0 aliphatic carbocycles. The van der Waals surface area contributed by atoms with Crippen LogP contribution in [0, 0.1) is 6.92 Å². The minimum Gasteiger partial charge on any atom is -0.421 e. The third-order valence-electron chi connectivity index (χ3n) is 4.52. The van der Waals surface area contributed by atoms with Gasteiger partial charge in [0.15, 0.2) is 0 Å². The lowest BCUT2D eigenvalue weighted by molar-refractivity contribution is 0.542. The average molecular weight is 390 g/mol. The number of hydrogen-bond acceptors (Lipinski definition) is 5. The Hall–Kier alpha value is -3.25. The topological polar surface area (TPSA) is 78.2 Å². The van der Waals surface area contributed by atoms with Crippen LogP contribution in [0.5, 0.6) is 0 Å². The molecule has 6 heteroatoms. The number of aryl methyl sites for hydroxylation is 1. The highest BCUT2D eigenvalue weighted by Crippen LogP contribution is 2.32. The summed E-state index contributed by atoms with van der Waals surface area (Å²) in [6, 6.07) is 20.8. The first-order valence-electron chi connectivity index (χ1n) is 8.78. The highest BCUT2D eigenvalue weighted by molar-refractivity contribution is 7.99. The number of anilines is 1. The SMILES string of the molecule is Cc1cc2oc(=O)c(Sc3ccccc3)c(N)c2c(=O)n1Cc1ccccc1. The maximum absolute atomic E-state index is 13.2. The van der Waals surface area contributed by atoms with Crippen LogP contribution >= 0.6 is 11.8 Å². The van der Waals surface area contributed by atoms with Crippen LogP contribution in [0.25, 0.3) is 11.0 Å². The van der Waals surface area contributed by atoms with Crippen LogP contribution in [0.1, 0.15) is 11.3 Å². The van der Waals surface area contributed by atoms with Gasteiger partial charge in [-0.05, 0) is 24.6 Å². The van der Waals surface area contributed by atoms with Crippen molar-refractivity contribution < 1.29 is 4.42 Å². The summed E-state index contributed by atoms with van der Waals surface area (Å²) in [5.41, 5.74) is 7.55. The van der Waals surface area contributed by atoms with Crippen LogP contribution in [-0.2, 0) is 6.54 Å². The normalized spacial score (nSPS) is 11.0. The molecule has 28 heavy (non-hydrogen) atoms. The number of rotatable bonds is 4. The van der Waals surface area contributed by atoms with Gasteiger partial charge in [-0.25, -0.2) is 4.79 Å². The fourth-order valence-corrected chi connectivity index (χ4v) is 3.97. The molecule has 4 aromatic rings. The van der Waals surface area contributed by atoms with Crippen LogP contribution in [-0.4, -0.2) is 4.57 Å². The van der Waals surface area contributed by atoms with Gasteiger partial charge in [-0.2, -0.15) is 0 Å². The van der Waals surface area contributed by atoms with Gasteiger partial charge in [-0.1, -0.05) is 60.3 Å². The number of hydrogen-bond donors (Lipinski definition) is 1. The number of benzene rings is 2. The Kier molecular flexibility index (Phi) is 4.79. The van der Waals surface area contributed by atoms with Crippen molar-refractivity contribution in [3.05, 3.63) is 98.8 Å². The molecule has 0 bridgehead atoms. The monoisotopic (exact) mass is 390 g/mol. The molecule has 0 amide bonds. The summed E-state index contributed by atoms with van der Waals surface area (Å²) in [5.74, 6) is 0. The largest absolute Gasteiger partial charge is 0.421 e. The fourth-order valence-electron chi connectivity index (χ4n) is 3.10. The van der Waals surface area contributed by atoms with Crippen molar-refractivity contribution in [2.75, 3.05) is 5.73 Å². The molecular formula is C22H18N2O3S. The third kappa shape index (κ3) is 3.34. The minimum absolute atomic E-state index is 0.159. The van der Waals surface area contributed by atoms with Crippen molar-refractivity contribution in [1.82, 2.24) is 4.57 Å². The van der Waals surface area contributed by atoms with Crippen molar-refractivity contribution in [3.8, 4) is 0 Å². The van der Waals surface area contributed by atoms with Crippen LogP contribution in [0.4, 0.5) is 5.69 Å². The summed E-state index contributed by atoms with van der Waals surface area (Å²) in [4.78, 5) is 26.8. The second-order valence-corrected chi connectivity index (χ2v) is 7.53. The molecule has 2 aromatic heterocycles. The molecule has 2 heterocycles. The lowest BCUT2D eigenvalue weighted by atomic mass is 10.2. The maximum Gasteiger partial charge on any atom is 0.352 e. The van der Waals surface area contributed by atoms with Crippen LogP contribution < -0.4 is 16.9 Å². The molecule has 0 saturated carbocycles. The van der Waals surface area contributed by atoms with E-state index < -0.39 is 5.63 Å². The summed E-state index contributed by atoms with van der Waals surface area (Å²) in [6.07, 6.45) is 0. The predicted molar refractivity (Wildman–Crippen MR) is 112 cm³/mol. The average Bonchev–Trinajstić information content (AvgIpc) is 2.69. The Balaban J connectivity index is 1.88. The standard InChI is InChI=1S/C22H18N2O3S/c1-14-12-17-18(21(25)24(14)13-15-8-4-2-5-9-15)19(23)20(22(26)27-17)28-16-10-6-3-7-11-16/h2-12H,13,23H2,1H3. The van der Waals surface area contributed by atoms with E-state index in [0.717, 1.165) is 10.5 Å². The number of fused-ring (bicyclic) bond motifs is 1. The molecule has 0 unspecified atom stereocenters. The molecule has 0 fully saturated rings. The Morgan fingerprint density at radius 3 is 2.32 bits per heavy atom. The molecule has 0 saturated heterocycles. The number of nitrogens with zero attached hydrogens (tertiary/aromatic N) is 1. The molecule has 0 aliphatic heterocycles. The fraction of sp³-hybridized carbons (Fsp3) is 0.0909. The van der Waals surface area contributed by atoms with Crippen LogP contribution in [0.3, 0.4) is 0 Å². The molecule has 0 atom stereocenters. The minimum atomic E-state index is -0.543. The highest BCUT2D eigenvalue weighted by atomic mass is 32.2. The Labute approximate surface area is 165 Å². The molecule has 0 aliphatic rings. The van der Waals surface area contributed by atoms with Gasteiger partial charge in [-0.15, -0.1) is 0 Å². The van der Waals surface area contributed by atoms with E-state index in [9.17, 15) is 9.59 Å². The number of nitrogens with two attached hydrogens (primary N) is 1. The van der Waals surface area contributed by atoms with Crippen molar-refractivity contribution in [2.24, 2.45) is 0 Å². The van der Waals surface area contributed by atoms with E-state index in [4.69, 9.17) is 10.2 Å². The molecule has 2 N–H and O–H groups in total. The molecule has 0 spiro atoms. The first kappa shape index (κ1) is 18.1. The van der Waals surface area contributed by atoms with Crippen molar-refractivity contribution in [2.45, 2.75) is 23.3 Å². The summed E-state index contributed by atoms with van der Waals surface area (Å²) in [7, 11) is 0. The highest BCUT2D eigenvalue weighted by Gasteiger charge is 2.18. The van der Waals surface area contributed by atoms with E-state index in [1.165, 1.54) is 11.8 Å². The Morgan fingerprint density at radius 1 is 1.00 bits per heavy atom. The third-order valence-corrected chi connectivity index (χ3v) is 5.62. The van der Waals surface area contributed by atoms with Gasteiger partial charge in [0.2, 0.25) is 0 Å². The summed E-state index contributed by atoms with van der Waals surface area (Å²) in [6.45, 7) is 2.23. The summed E-state index contributed by atoms with van der Waals surface area (Å²) < 4.78 is 7.09. The predicted octanol–water partition coefficient (Wildman–Crippen LogP) is 4.04. The van der Waals surface area contributed by atoms with E-state index in [0.29, 0.717) is 12.2 Å². The second kappa shape index (κ2) is 7.40. The first-order chi connectivity index (χ1) is 13.5. The summed E-state index contributed by atoms with van der Waals surface area (Å²) >= 11 is 1.20. The van der Waals surface area contributed by atoms with Gasteiger partial charge in [-0.3, -0.25) is 4.79 Å². The molecule has 2 aromatic carbocycles. The molecular weight excluding hydrogens is 372 g/mol. The van der Waals surface area contributed by atoms with Gasteiger partial charge in [0, 0.05) is 16.7 Å². The van der Waals surface area contributed by atoms with Gasteiger partial charge in [0.05, 0.1) is 12.2 Å². The quantitative estimate of drug-likeness (QED) is 0.569. The number of pyridine rings is 1. The zero-order chi connectivity index (χ0) is 19.7. The van der Waals surface area contributed by atoms with Crippen LogP contribution in [0.15, 0.2) is 90.5 Å². The molecule has 140 valence electrons. The van der Waals surface area contributed by atoms with E-state index in [-0.39, 0.29) is 27.1 Å². The van der Waals surface area contributed by atoms with E-state index in [1.807, 2.05) is 67.6 Å². The van der Waals surface area contributed by atoms with E-state index in [2.05, 4.69) is 0 Å². The van der Waals surface area contributed by atoms with Gasteiger partial charge >= 0.3 is 5.63 Å². The maximum atomic E-state index is 13.2. The van der Waals surface area contributed by atoms with Crippen LogP contribution in [0.2, 0.25) is 0 Å². The van der Waals surface area contributed by atoms with E-state index >= 15 is 0 Å². The zero-order valence-corrected chi connectivity index (χ0v) is 16.0. The van der Waals surface area contributed by atoms with Gasteiger partial charge in [0.1, 0.15) is 15.9 Å². The van der Waals surface area contributed by atoms with Crippen molar-refractivity contribution in [1.29, 1.82) is 0 Å². The van der Waals surface area contributed by atoms with Gasteiger partial charge < -0.3 is 14.7 Å². The lowest BCUT2D eigenvalue weighted by Gasteiger charge is -2.13. The smallest absolute Gasteiger partial charge is 0.352 e. The number of nitrogen functional groups attached to an aromatic ring is 1. The molecule has 4 rings (SSSR count). The Bertz CT molecular complexity index is 1260. The summed E-state index contributed by atoms with van der Waals surface area (Å²) in [5, 5.41) is 0.236. The van der Waals surface area contributed by atoms with E-state index in [1.54, 1.807) is 10.6 Å². The molecule has 0 radical (unpaired) electrons. The lowest BCUT2D eigenvalue weighted by Crippen LogP contribution is -2.25. The molecule has 5 nitrogen and oxygen atoms in total. The Morgan fingerprint density at radius 2 is 1.64 bits per heavy atom.